The number of carbonyl (C=O) groups is 1. The molecule has 17 heavy (non-hydrogen) atoms. The van der Waals surface area contributed by atoms with Crippen molar-refractivity contribution in [1.29, 1.82) is 0 Å². The van der Waals surface area contributed by atoms with E-state index in [4.69, 9.17) is 0 Å². The highest BCUT2D eigenvalue weighted by Crippen LogP contribution is 2.35. The van der Waals surface area contributed by atoms with Crippen LogP contribution in [0.4, 0.5) is 0 Å². The first-order valence-corrected chi connectivity index (χ1v) is 7.00. The third-order valence-electron chi connectivity index (χ3n) is 3.97. The number of hydrogen-bond donors (Lipinski definition) is 1. The molecule has 1 heterocycles. The van der Waals surface area contributed by atoms with Crippen molar-refractivity contribution < 1.29 is 9.90 Å². The maximum atomic E-state index is 11.4. The lowest BCUT2D eigenvalue weighted by molar-refractivity contribution is -0.148. The Bertz CT molecular complexity index is 255. The summed E-state index contributed by atoms with van der Waals surface area (Å²) in [6.07, 6.45) is 5.07. The van der Waals surface area contributed by atoms with Crippen molar-refractivity contribution in [3.8, 4) is 0 Å². The molecule has 1 aliphatic rings. The molecule has 3 nitrogen and oxygen atoms in total. The maximum Gasteiger partial charge on any atom is 0.310 e. The molecule has 1 rings (SSSR count). The highest BCUT2D eigenvalue weighted by atomic mass is 16.4. The predicted molar refractivity (Wildman–Crippen MR) is 70.1 cm³/mol. The molecule has 0 amide bonds. The van der Waals surface area contributed by atoms with Gasteiger partial charge in [-0.25, -0.2) is 0 Å². The number of carboxylic acids is 1. The Morgan fingerprint density at radius 1 is 1.41 bits per heavy atom. The van der Waals surface area contributed by atoms with Gasteiger partial charge in [-0.3, -0.25) is 4.79 Å². The van der Waals surface area contributed by atoms with E-state index in [0.29, 0.717) is 5.92 Å². The van der Waals surface area contributed by atoms with E-state index < -0.39 is 11.4 Å². The molecule has 0 aromatic carbocycles. The lowest BCUT2D eigenvalue weighted by atomic mass is 9.83. The van der Waals surface area contributed by atoms with Gasteiger partial charge in [-0.2, -0.15) is 0 Å². The summed E-state index contributed by atoms with van der Waals surface area (Å²) in [6.45, 7) is 9.33. The van der Waals surface area contributed by atoms with E-state index in [1.165, 1.54) is 12.8 Å². The molecule has 2 atom stereocenters. The van der Waals surface area contributed by atoms with Gasteiger partial charge in [0.2, 0.25) is 0 Å². The van der Waals surface area contributed by atoms with Crippen LogP contribution >= 0.6 is 0 Å². The van der Waals surface area contributed by atoms with Crippen molar-refractivity contribution in [2.24, 2.45) is 11.3 Å². The molecule has 1 fully saturated rings. The average molecular weight is 241 g/mol. The summed E-state index contributed by atoms with van der Waals surface area (Å²) in [4.78, 5) is 13.8. The van der Waals surface area contributed by atoms with Gasteiger partial charge in [0, 0.05) is 13.1 Å². The minimum absolute atomic E-state index is 0.458. The zero-order valence-electron chi connectivity index (χ0n) is 11.5. The fourth-order valence-corrected chi connectivity index (χ4v) is 3.10. The molecule has 2 unspecified atom stereocenters. The van der Waals surface area contributed by atoms with Crippen LogP contribution in [-0.4, -0.2) is 35.6 Å². The number of aliphatic carboxylic acids is 1. The number of carboxylic acid groups (broad SMARTS) is 1. The van der Waals surface area contributed by atoms with E-state index in [2.05, 4.69) is 25.7 Å². The van der Waals surface area contributed by atoms with Crippen molar-refractivity contribution in [2.45, 2.75) is 52.9 Å². The molecule has 0 bridgehead atoms. The molecule has 0 aromatic heterocycles. The minimum Gasteiger partial charge on any atom is -0.481 e. The summed E-state index contributed by atoms with van der Waals surface area (Å²) in [5, 5.41) is 9.42. The first-order chi connectivity index (χ1) is 8.04. The minimum atomic E-state index is -0.593. The smallest absolute Gasteiger partial charge is 0.310 e. The predicted octanol–water partition coefficient (Wildman–Crippen LogP) is 3.00. The van der Waals surface area contributed by atoms with Crippen LogP contribution in [0, 0.1) is 11.3 Å². The van der Waals surface area contributed by atoms with Crippen LogP contribution in [0.5, 0.6) is 0 Å². The lowest BCUT2D eigenvalue weighted by Gasteiger charge is -2.25. The van der Waals surface area contributed by atoms with Gasteiger partial charge in [-0.15, -0.1) is 0 Å². The zero-order chi connectivity index (χ0) is 12.9. The summed E-state index contributed by atoms with van der Waals surface area (Å²) in [7, 11) is 0. The fourth-order valence-electron chi connectivity index (χ4n) is 3.10. The van der Waals surface area contributed by atoms with Crippen LogP contribution in [0.15, 0.2) is 0 Å². The van der Waals surface area contributed by atoms with Gasteiger partial charge < -0.3 is 10.0 Å². The average Bonchev–Trinajstić information content (AvgIpc) is 2.63. The molecule has 1 aliphatic heterocycles. The van der Waals surface area contributed by atoms with Gasteiger partial charge in [0.05, 0.1) is 5.41 Å². The number of rotatable bonds is 7. The third-order valence-corrected chi connectivity index (χ3v) is 3.97. The first kappa shape index (κ1) is 14.5. The molecular formula is C14H27NO2. The summed E-state index contributed by atoms with van der Waals surface area (Å²) in [5.74, 6) is 0.0937. The maximum absolute atomic E-state index is 11.4. The van der Waals surface area contributed by atoms with Crippen LogP contribution < -0.4 is 0 Å². The van der Waals surface area contributed by atoms with E-state index in [1.807, 2.05) is 0 Å². The lowest BCUT2D eigenvalue weighted by Crippen LogP contribution is -2.35. The van der Waals surface area contributed by atoms with Crippen LogP contribution in [0.2, 0.25) is 0 Å². The summed E-state index contributed by atoms with van der Waals surface area (Å²) in [6, 6.07) is 0. The Morgan fingerprint density at radius 3 is 2.65 bits per heavy atom. The monoisotopic (exact) mass is 241 g/mol. The van der Waals surface area contributed by atoms with Crippen LogP contribution in [-0.2, 0) is 4.79 Å². The van der Waals surface area contributed by atoms with E-state index >= 15 is 0 Å². The largest absolute Gasteiger partial charge is 0.481 e. The number of nitrogens with zero attached hydrogens (tertiary/aromatic N) is 1. The molecule has 1 N–H and O–H groups in total. The number of likely N-dealkylation sites (tertiary alicyclic amines) is 1. The third kappa shape index (κ3) is 3.70. The van der Waals surface area contributed by atoms with Crippen molar-refractivity contribution in [3.63, 3.8) is 0 Å². The summed E-state index contributed by atoms with van der Waals surface area (Å²) >= 11 is 0. The van der Waals surface area contributed by atoms with Gasteiger partial charge in [-0.05, 0) is 31.7 Å². The quantitative estimate of drug-likeness (QED) is 0.745. The van der Waals surface area contributed by atoms with Crippen molar-refractivity contribution in [2.75, 3.05) is 19.6 Å². The molecule has 1 saturated heterocycles. The summed E-state index contributed by atoms with van der Waals surface area (Å²) < 4.78 is 0. The van der Waals surface area contributed by atoms with Crippen LogP contribution in [0.3, 0.4) is 0 Å². The normalized spacial score (nSPS) is 27.2. The molecule has 3 heteroatoms. The molecule has 0 aliphatic carbocycles. The highest BCUT2D eigenvalue weighted by Gasteiger charge is 2.43. The Labute approximate surface area is 105 Å². The second-order valence-corrected chi connectivity index (χ2v) is 5.71. The number of hydrogen-bond acceptors (Lipinski definition) is 2. The van der Waals surface area contributed by atoms with Gasteiger partial charge in [0.15, 0.2) is 0 Å². The molecule has 100 valence electrons. The Morgan fingerprint density at radius 2 is 2.12 bits per heavy atom. The Kier molecular flexibility index (Phi) is 5.44. The molecular weight excluding hydrogens is 214 g/mol. The SMILES string of the molecule is CCCC(C)CN1CCC(CCC)(C(=O)O)C1. The van der Waals surface area contributed by atoms with Crippen molar-refractivity contribution in [3.05, 3.63) is 0 Å². The van der Waals surface area contributed by atoms with Crippen LogP contribution in [0.1, 0.15) is 52.9 Å². The highest BCUT2D eigenvalue weighted by molar-refractivity contribution is 5.75. The topological polar surface area (TPSA) is 40.5 Å². The first-order valence-electron chi connectivity index (χ1n) is 7.00. The van der Waals surface area contributed by atoms with E-state index in [0.717, 1.165) is 38.9 Å². The van der Waals surface area contributed by atoms with Crippen LogP contribution in [0.25, 0.3) is 0 Å². The second-order valence-electron chi connectivity index (χ2n) is 5.71. The van der Waals surface area contributed by atoms with Gasteiger partial charge in [0.25, 0.3) is 0 Å². The summed E-state index contributed by atoms with van der Waals surface area (Å²) in [5.41, 5.74) is -0.458. The Balaban J connectivity index is 2.51. The van der Waals surface area contributed by atoms with Gasteiger partial charge in [-0.1, -0.05) is 33.6 Å². The van der Waals surface area contributed by atoms with E-state index in [-0.39, 0.29) is 0 Å². The molecule has 0 aromatic rings. The van der Waals surface area contributed by atoms with Gasteiger partial charge >= 0.3 is 5.97 Å². The van der Waals surface area contributed by atoms with Gasteiger partial charge in [0.1, 0.15) is 0 Å². The molecule has 0 radical (unpaired) electrons. The Hall–Kier alpha value is -0.570. The van der Waals surface area contributed by atoms with E-state index in [1.54, 1.807) is 0 Å². The zero-order valence-corrected chi connectivity index (χ0v) is 11.5. The van der Waals surface area contributed by atoms with Crippen molar-refractivity contribution in [1.82, 2.24) is 4.90 Å². The standard InChI is InChI=1S/C14H27NO2/c1-4-6-12(3)10-15-9-8-14(11-15,7-5-2)13(16)17/h12H,4-11H2,1-3H3,(H,16,17). The van der Waals surface area contributed by atoms with E-state index in [9.17, 15) is 9.90 Å². The molecule has 0 spiro atoms. The molecule has 0 saturated carbocycles. The second kappa shape index (κ2) is 6.39. The fraction of sp³-hybridized carbons (Fsp3) is 0.929. The van der Waals surface area contributed by atoms with Crippen molar-refractivity contribution >= 4 is 5.97 Å².